The molecule has 1 aliphatic rings. The molecule has 3 rings (SSSR count). The lowest BCUT2D eigenvalue weighted by Crippen LogP contribution is -2.35. The highest BCUT2D eigenvalue weighted by Gasteiger charge is 2.46. The molecule has 2 aromatic rings. The van der Waals surface area contributed by atoms with Crippen LogP contribution >= 0.6 is 0 Å². The highest BCUT2D eigenvalue weighted by molar-refractivity contribution is 6.46. The predicted molar refractivity (Wildman–Crippen MR) is 111 cm³/mol. The Kier molecular flexibility index (Phi) is 6.37. The van der Waals surface area contributed by atoms with Gasteiger partial charge in [-0.1, -0.05) is 6.07 Å². The molecule has 1 aromatic heterocycles. The van der Waals surface area contributed by atoms with Crippen LogP contribution in [0.1, 0.15) is 17.3 Å². The van der Waals surface area contributed by atoms with E-state index >= 15 is 0 Å². The quantitative estimate of drug-likeness (QED) is 0.424. The number of rotatable bonds is 7. The third-order valence-corrected chi connectivity index (χ3v) is 4.96. The number of ether oxygens (including phenoxy) is 2. The lowest BCUT2D eigenvalue weighted by molar-refractivity contribution is -0.140. The van der Waals surface area contributed by atoms with Crippen LogP contribution in [0.15, 0.2) is 48.2 Å². The SMILES string of the molecule is COc1ccc(C(O)=C2C(=O)C(=O)N(CCN(C)C)[C@H]2c2ccccn2)c(OC)c1. The number of nitrogens with zero attached hydrogens (tertiary/aromatic N) is 3. The van der Waals surface area contributed by atoms with Crippen LogP contribution in [0.25, 0.3) is 5.76 Å². The molecule has 1 atom stereocenters. The molecule has 8 heteroatoms. The number of likely N-dealkylation sites (tertiary alicyclic amines) is 1. The fourth-order valence-corrected chi connectivity index (χ4v) is 3.40. The van der Waals surface area contributed by atoms with Crippen molar-refractivity contribution in [3.63, 3.8) is 0 Å². The number of aliphatic hydroxyl groups is 1. The predicted octanol–water partition coefficient (Wildman–Crippen LogP) is 2.08. The van der Waals surface area contributed by atoms with E-state index in [1.807, 2.05) is 19.0 Å². The van der Waals surface area contributed by atoms with Gasteiger partial charge in [0.25, 0.3) is 11.7 Å². The number of carbonyl (C=O) groups is 2. The maximum Gasteiger partial charge on any atom is 0.295 e. The molecule has 158 valence electrons. The van der Waals surface area contributed by atoms with Crippen LogP contribution in [-0.4, -0.2) is 73.0 Å². The number of methoxy groups -OCH3 is 2. The number of aromatic nitrogens is 1. The van der Waals surface area contributed by atoms with Crippen molar-refractivity contribution in [1.82, 2.24) is 14.8 Å². The molecule has 1 saturated heterocycles. The van der Waals surface area contributed by atoms with Crippen LogP contribution in [0.3, 0.4) is 0 Å². The summed E-state index contributed by atoms with van der Waals surface area (Å²) < 4.78 is 10.6. The maximum absolute atomic E-state index is 13.0. The topological polar surface area (TPSA) is 92.2 Å². The Morgan fingerprint density at radius 2 is 1.93 bits per heavy atom. The average molecular weight is 411 g/mol. The van der Waals surface area contributed by atoms with Gasteiger partial charge in [-0.2, -0.15) is 0 Å². The molecule has 0 unspecified atom stereocenters. The lowest BCUT2D eigenvalue weighted by Gasteiger charge is -2.25. The van der Waals surface area contributed by atoms with Crippen molar-refractivity contribution in [1.29, 1.82) is 0 Å². The molecule has 1 aromatic carbocycles. The first kappa shape index (κ1) is 21.3. The van der Waals surface area contributed by atoms with Crippen molar-refractivity contribution in [3.05, 3.63) is 59.4 Å². The summed E-state index contributed by atoms with van der Waals surface area (Å²) in [6.07, 6.45) is 1.59. The van der Waals surface area contributed by atoms with Crippen LogP contribution in [0.4, 0.5) is 0 Å². The minimum atomic E-state index is -0.794. The molecule has 1 fully saturated rings. The zero-order chi connectivity index (χ0) is 21.8. The molecule has 0 bridgehead atoms. The summed E-state index contributed by atoms with van der Waals surface area (Å²) in [5.74, 6) is -0.862. The Balaban J connectivity index is 2.17. The van der Waals surface area contributed by atoms with Gasteiger partial charge in [0.05, 0.1) is 31.1 Å². The average Bonchev–Trinajstić information content (AvgIpc) is 3.02. The molecular weight excluding hydrogens is 386 g/mol. The van der Waals surface area contributed by atoms with Gasteiger partial charge >= 0.3 is 0 Å². The van der Waals surface area contributed by atoms with Gasteiger partial charge < -0.3 is 24.4 Å². The second kappa shape index (κ2) is 8.96. The van der Waals surface area contributed by atoms with Gasteiger partial charge in [0.2, 0.25) is 0 Å². The van der Waals surface area contributed by atoms with Crippen LogP contribution < -0.4 is 9.47 Å². The zero-order valence-electron chi connectivity index (χ0n) is 17.5. The Morgan fingerprint density at radius 3 is 2.53 bits per heavy atom. The number of aliphatic hydroxyl groups excluding tert-OH is 1. The highest BCUT2D eigenvalue weighted by atomic mass is 16.5. The van der Waals surface area contributed by atoms with Gasteiger partial charge in [-0.15, -0.1) is 0 Å². The first-order valence-electron chi connectivity index (χ1n) is 9.45. The third kappa shape index (κ3) is 3.99. The molecule has 1 N–H and O–H groups in total. The molecule has 0 spiro atoms. The standard InChI is InChI=1S/C22H25N3O5/c1-24(2)11-12-25-19(16-7-5-6-10-23-16)18(21(27)22(25)28)20(26)15-9-8-14(29-3)13-17(15)30-4/h5-10,13,19,26H,11-12H2,1-4H3/t19-/m0/s1. The Morgan fingerprint density at radius 1 is 1.17 bits per heavy atom. The molecule has 30 heavy (non-hydrogen) atoms. The summed E-state index contributed by atoms with van der Waals surface area (Å²) in [6, 6.07) is 9.32. The van der Waals surface area contributed by atoms with Crippen molar-refractivity contribution in [2.45, 2.75) is 6.04 Å². The monoisotopic (exact) mass is 411 g/mol. The van der Waals surface area contributed by atoms with Gasteiger partial charge in [0.15, 0.2) is 0 Å². The van der Waals surface area contributed by atoms with E-state index in [2.05, 4.69) is 4.98 Å². The van der Waals surface area contributed by atoms with Gasteiger partial charge in [0, 0.05) is 25.4 Å². The fraction of sp³-hybridized carbons (Fsp3) is 0.318. The van der Waals surface area contributed by atoms with Gasteiger partial charge in [0.1, 0.15) is 23.3 Å². The van der Waals surface area contributed by atoms with Crippen LogP contribution in [0.5, 0.6) is 11.5 Å². The number of carbonyl (C=O) groups excluding carboxylic acids is 2. The van der Waals surface area contributed by atoms with Crippen molar-refractivity contribution in [3.8, 4) is 11.5 Å². The Hall–Kier alpha value is -3.39. The number of hydrogen-bond donors (Lipinski definition) is 1. The van der Waals surface area contributed by atoms with Crippen LogP contribution in [0, 0.1) is 0 Å². The number of Topliss-reactive ketones (excluding diaryl/α,β-unsaturated/α-hetero) is 1. The molecule has 1 amide bonds. The number of benzene rings is 1. The summed E-state index contributed by atoms with van der Waals surface area (Å²) in [6.45, 7) is 0.873. The number of pyridine rings is 1. The molecule has 2 heterocycles. The number of amides is 1. The normalized spacial score (nSPS) is 18.2. The van der Waals surface area contributed by atoms with Crippen molar-refractivity contribution in [2.24, 2.45) is 0 Å². The van der Waals surface area contributed by atoms with E-state index in [-0.39, 0.29) is 11.3 Å². The minimum Gasteiger partial charge on any atom is -0.507 e. The summed E-state index contributed by atoms with van der Waals surface area (Å²) in [5, 5.41) is 11.1. The number of ketones is 1. The van der Waals surface area contributed by atoms with E-state index in [1.165, 1.54) is 19.1 Å². The highest BCUT2D eigenvalue weighted by Crippen LogP contribution is 2.40. The first-order chi connectivity index (χ1) is 14.4. The summed E-state index contributed by atoms with van der Waals surface area (Å²) in [5.41, 5.74) is 0.787. The second-order valence-corrected chi connectivity index (χ2v) is 7.12. The smallest absolute Gasteiger partial charge is 0.295 e. The molecule has 8 nitrogen and oxygen atoms in total. The van der Waals surface area contributed by atoms with E-state index in [4.69, 9.17) is 9.47 Å². The minimum absolute atomic E-state index is 0.0130. The first-order valence-corrected chi connectivity index (χ1v) is 9.45. The van der Waals surface area contributed by atoms with Crippen LogP contribution in [0.2, 0.25) is 0 Å². The van der Waals surface area contributed by atoms with Crippen molar-refractivity contribution >= 4 is 17.4 Å². The second-order valence-electron chi connectivity index (χ2n) is 7.12. The summed E-state index contributed by atoms with van der Waals surface area (Å²) in [4.78, 5) is 33.5. The molecule has 1 aliphatic heterocycles. The summed E-state index contributed by atoms with van der Waals surface area (Å²) in [7, 11) is 6.74. The van der Waals surface area contributed by atoms with E-state index in [0.29, 0.717) is 35.8 Å². The molecule has 0 saturated carbocycles. The Bertz CT molecular complexity index is 972. The number of likely N-dealkylation sites (N-methyl/N-ethyl adjacent to an activating group) is 1. The van der Waals surface area contributed by atoms with Gasteiger partial charge in [-0.3, -0.25) is 14.6 Å². The van der Waals surface area contributed by atoms with Gasteiger partial charge in [-0.25, -0.2) is 0 Å². The molecular formula is C22H25N3O5. The number of hydrogen-bond acceptors (Lipinski definition) is 7. The van der Waals surface area contributed by atoms with E-state index in [0.717, 1.165) is 0 Å². The third-order valence-electron chi connectivity index (χ3n) is 4.96. The largest absolute Gasteiger partial charge is 0.507 e. The molecule has 0 aliphatic carbocycles. The lowest BCUT2D eigenvalue weighted by atomic mass is 9.97. The zero-order valence-corrected chi connectivity index (χ0v) is 17.5. The fourth-order valence-electron chi connectivity index (χ4n) is 3.40. The van der Waals surface area contributed by atoms with Crippen LogP contribution in [-0.2, 0) is 9.59 Å². The van der Waals surface area contributed by atoms with Crippen molar-refractivity contribution < 1.29 is 24.2 Å². The maximum atomic E-state index is 13.0. The van der Waals surface area contributed by atoms with E-state index in [1.54, 1.807) is 42.6 Å². The molecule has 0 radical (unpaired) electrons. The summed E-state index contributed by atoms with van der Waals surface area (Å²) >= 11 is 0. The van der Waals surface area contributed by atoms with E-state index in [9.17, 15) is 14.7 Å². The van der Waals surface area contributed by atoms with E-state index < -0.39 is 17.7 Å². The van der Waals surface area contributed by atoms with Crippen molar-refractivity contribution in [2.75, 3.05) is 41.4 Å². The Labute approximate surface area is 175 Å². The van der Waals surface area contributed by atoms with Gasteiger partial charge in [-0.05, 0) is 38.4 Å².